The predicted molar refractivity (Wildman–Crippen MR) is 76.0 cm³/mol. The molecule has 7 heteroatoms. The lowest BCUT2D eigenvalue weighted by atomic mass is 10.0. The minimum atomic E-state index is -1.52. The van der Waals surface area contributed by atoms with Crippen molar-refractivity contribution >= 4 is 34.5 Å². The van der Waals surface area contributed by atoms with E-state index in [2.05, 4.69) is 5.32 Å². The smallest absolute Gasteiger partial charge is 0.306 e. The molecule has 1 unspecified atom stereocenters. The number of nitrogens with one attached hydrogen (secondary N) is 1. The van der Waals surface area contributed by atoms with Crippen LogP contribution >= 0.6 is 22.6 Å². The minimum absolute atomic E-state index is 0.00875. The van der Waals surface area contributed by atoms with Gasteiger partial charge >= 0.3 is 5.97 Å². The van der Waals surface area contributed by atoms with Crippen molar-refractivity contribution in [1.82, 2.24) is 5.32 Å². The van der Waals surface area contributed by atoms with E-state index in [0.717, 1.165) is 0 Å². The van der Waals surface area contributed by atoms with Gasteiger partial charge in [0.05, 0.1) is 15.6 Å². The summed E-state index contributed by atoms with van der Waals surface area (Å²) < 4.78 is 0.618. The Morgan fingerprint density at radius 2 is 2.05 bits per heavy atom. The van der Waals surface area contributed by atoms with Crippen LogP contribution in [0.5, 0.6) is 5.75 Å². The Kier molecular flexibility index (Phi) is 5.12. The highest BCUT2D eigenvalue weighted by molar-refractivity contribution is 14.1. The molecule has 0 bridgehead atoms. The standard InChI is InChI=1S/C12H14INO5/c1-12(19,5-10(16)17)6-14-11(18)7-2-3-8(13)9(15)4-7/h2-4,15,19H,5-6H2,1H3,(H,14,18)(H,16,17). The van der Waals surface area contributed by atoms with E-state index in [1.807, 2.05) is 22.6 Å². The van der Waals surface area contributed by atoms with E-state index >= 15 is 0 Å². The summed E-state index contributed by atoms with van der Waals surface area (Å²) in [6.07, 6.45) is -0.467. The summed E-state index contributed by atoms with van der Waals surface area (Å²) >= 11 is 1.92. The van der Waals surface area contributed by atoms with Gasteiger partial charge in [-0.1, -0.05) is 0 Å². The quantitative estimate of drug-likeness (QED) is 0.570. The zero-order valence-electron chi connectivity index (χ0n) is 10.2. The molecule has 0 aliphatic heterocycles. The van der Waals surface area contributed by atoms with Gasteiger partial charge in [0.1, 0.15) is 5.75 Å². The van der Waals surface area contributed by atoms with Gasteiger partial charge in [0.15, 0.2) is 0 Å². The number of aliphatic hydroxyl groups is 1. The van der Waals surface area contributed by atoms with Gasteiger partial charge in [0, 0.05) is 12.1 Å². The monoisotopic (exact) mass is 379 g/mol. The first kappa shape index (κ1) is 15.7. The summed E-state index contributed by atoms with van der Waals surface area (Å²) in [5, 5.41) is 30.2. The molecule has 0 heterocycles. The van der Waals surface area contributed by atoms with Crippen molar-refractivity contribution in [2.45, 2.75) is 18.9 Å². The molecule has 0 aromatic heterocycles. The van der Waals surface area contributed by atoms with Crippen molar-refractivity contribution in [3.05, 3.63) is 27.3 Å². The Hall–Kier alpha value is -1.35. The lowest BCUT2D eigenvalue weighted by Gasteiger charge is -2.21. The summed E-state index contributed by atoms with van der Waals surface area (Å²) in [7, 11) is 0. The molecule has 0 radical (unpaired) electrons. The van der Waals surface area contributed by atoms with Gasteiger partial charge in [-0.2, -0.15) is 0 Å². The number of halogens is 1. The zero-order valence-corrected chi connectivity index (χ0v) is 12.3. The van der Waals surface area contributed by atoms with Gasteiger partial charge in [-0.05, 0) is 47.7 Å². The fourth-order valence-corrected chi connectivity index (χ4v) is 1.75. The summed E-state index contributed by atoms with van der Waals surface area (Å²) in [5.41, 5.74) is -1.28. The first-order chi connectivity index (χ1) is 8.71. The zero-order chi connectivity index (χ0) is 14.6. The van der Waals surface area contributed by atoms with Gasteiger partial charge < -0.3 is 20.6 Å². The number of carboxylic acids is 1. The Morgan fingerprint density at radius 3 is 2.58 bits per heavy atom. The van der Waals surface area contributed by atoms with E-state index in [0.29, 0.717) is 3.57 Å². The molecule has 0 saturated heterocycles. The molecule has 1 aromatic carbocycles. The van der Waals surface area contributed by atoms with Gasteiger partial charge in [0.25, 0.3) is 5.91 Å². The Labute approximate surface area is 123 Å². The first-order valence-electron chi connectivity index (χ1n) is 5.42. The van der Waals surface area contributed by atoms with Crippen LogP contribution < -0.4 is 5.32 Å². The third-order valence-electron chi connectivity index (χ3n) is 2.37. The summed E-state index contributed by atoms with van der Waals surface area (Å²) in [6.45, 7) is 1.14. The highest BCUT2D eigenvalue weighted by Crippen LogP contribution is 2.20. The van der Waals surface area contributed by atoms with E-state index in [1.165, 1.54) is 19.1 Å². The highest BCUT2D eigenvalue weighted by Gasteiger charge is 2.25. The number of carboxylic acid groups (broad SMARTS) is 1. The maximum Gasteiger partial charge on any atom is 0.306 e. The van der Waals surface area contributed by atoms with Crippen molar-refractivity contribution in [1.29, 1.82) is 0 Å². The van der Waals surface area contributed by atoms with E-state index in [9.17, 15) is 19.8 Å². The molecular weight excluding hydrogens is 365 g/mol. The van der Waals surface area contributed by atoms with Crippen LogP contribution in [-0.4, -0.2) is 39.3 Å². The van der Waals surface area contributed by atoms with Crippen molar-refractivity contribution in [2.24, 2.45) is 0 Å². The molecule has 6 nitrogen and oxygen atoms in total. The maximum absolute atomic E-state index is 11.8. The van der Waals surface area contributed by atoms with Crippen molar-refractivity contribution in [3.63, 3.8) is 0 Å². The molecule has 1 aromatic rings. The fourth-order valence-electron chi connectivity index (χ4n) is 1.41. The number of rotatable bonds is 5. The van der Waals surface area contributed by atoms with Gasteiger partial charge in [-0.25, -0.2) is 0 Å². The number of phenols is 1. The number of aliphatic carboxylic acids is 1. The second kappa shape index (κ2) is 6.20. The average molecular weight is 379 g/mol. The van der Waals surface area contributed by atoms with E-state index in [4.69, 9.17) is 5.11 Å². The van der Waals surface area contributed by atoms with Crippen LogP contribution in [0.3, 0.4) is 0 Å². The molecule has 1 amide bonds. The number of aromatic hydroxyl groups is 1. The second-order valence-electron chi connectivity index (χ2n) is 4.42. The van der Waals surface area contributed by atoms with E-state index < -0.39 is 23.9 Å². The number of carbonyl (C=O) groups excluding carboxylic acids is 1. The lowest BCUT2D eigenvalue weighted by Crippen LogP contribution is -2.42. The summed E-state index contributed by atoms with van der Waals surface area (Å²) in [6, 6.07) is 4.42. The van der Waals surface area contributed by atoms with Crippen LogP contribution in [0, 0.1) is 3.57 Å². The van der Waals surface area contributed by atoms with Crippen molar-refractivity contribution < 1.29 is 24.9 Å². The molecule has 0 aliphatic carbocycles. The number of carbonyl (C=O) groups is 2. The summed E-state index contributed by atoms with van der Waals surface area (Å²) in [5.74, 6) is -1.64. The molecule has 0 fully saturated rings. The number of hydrogen-bond donors (Lipinski definition) is 4. The van der Waals surface area contributed by atoms with Crippen LogP contribution in [-0.2, 0) is 4.79 Å². The Balaban J connectivity index is 2.65. The molecular formula is C12H14INO5. The van der Waals surface area contributed by atoms with Crippen molar-refractivity contribution in [2.75, 3.05) is 6.54 Å². The first-order valence-corrected chi connectivity index (χ1v) is 6.50. The summed E-state index contributed by atoms with van der Waals surface area (Å²) in [4.78, 5) is 22.3. The van der Waals surface area contributed by atoms with Crippen LogP contribution in [0.15, 0.2) is 18.2 Å². The molecule has 1 atom stereocenters. The number of benzene rings is 1. The minimum Gasteiger partial charge on any atom is -0.507 e. The topological polar surface area (TPSA) is 107 Å². The fraction of sp³-hybridized carbons (Fsp3) is 0.333. The van der Waals surface area contributed by atoms with Crippen LogP contribution in [0.2, 0.25) is 0 Å². The number of phenolic OH excluding ortho intramolecular Hbond substituents is 1. The van der Waals surface area contributed by atoms with Gasteiger partial charge in [-0.3, -0.25) is 9.59 Å². The predicted octanol–water partition coefficient (Wildman–Crippen LogP) is 0.952. The lowest BCUT2D eigenvalue weighted by molar-refractivity contribution is -0.141. The van der Waals surface area contributed by atoms with E-state index in [1.54, 1.807) is 6.07 Å². The van der Waals surface area contributed by atoms with Crippen molar-refractivity contribution in [3.8, 4) is 5.75 Å². The van der Waals surface area contributed by atoms with E-state index in [-0.39, 0.29) is 17.9 Å². The maximum atomic E-state index is 11.8. The van der Waals surface area contributed by atoms with Gasteiger partial charge in [-0.15, -0.1) is 0 Å². The number of amides is 1. The molecule has 19 heavy (non-hydrogen) atoms. The Morgan fingerprint density at radius 1 is 1.42 bits per heavy atom. The third-order valence-corrected chi connectivity index (χ3v) is 3.28. The molecule has 0 saturated carbocycles. The second-order valence-corrected chi connectivity index (χ2v) is 5.58. The highest BCUT2D eigenvalue weighted by atomic mass is 127. The molecule has 4 N–H and O–H groups in total. The molecule has 0 aliphatic rings. The Bertz CT molecular complexity index is 501. The van der Waals surface area contributed by atoms with Crippen LogP contribution in [0.4, 0.5) is 0 Å². The molecule has 0 spiro atoms. The normalized spacial score (nSPS) is 13.6. The average Bonchev–Trinajstić information content (AvgIpc) is 2.28. The third kappa shape index (κ3) is 5.03. The largest absolute Gasteiger partial charge is 0.507 e. The molecule has 104 valence electrons. The number of hydrogen-bond acceptors (Lipinski definition) is 4. The van der Waals surface area contributed by atoms with Crippen LogP contribution in [0.1, 0.15) is 23.7 Å². The SMILES string of the molecule is CC(O)(CNC(=O)c1ccc(I)c(O)c1)CC(=O)O. The van der Waals surface area contributed by atoms with Crippen LogP contribution in [0.25, 0.3) is 0 Å². The molecule has 1 rings (SSSR count). The van der Waals surface area contributed by atoms with Gasteiger partial charge in [0.2, 0.25) is 0 Å².